The molecule has 3 heteroatoms. The van der Waals surface area contributed by atoms with Gasteiger partial charge < -0.3 is 10.2 Å². The third kappa shape index (κ3) is 3.15. The van der Waals surface area contributed by atoms with Crippen molar-refractivity contribution in [1.29, 1.82) is 0 Å². The molecule has 1 heterocycles. The normalized spacial score (nSPS) is 33.0. The second kappa shape index (κ2) is 5.26. The van der Waals surface area contributed by atoms with Crippen molar-refractivity contribution in [2.75, 3.05) is 20.1 Å². The zero-order valence-corrected chi connectivity index (χ0v) is 9.71. The van der Waals surface area contributed by atoms with Crippen LogP contribution in [0.1, 0.15) is 38.5 Å². The fraction of sp³-hybridized carbons (Fsp3) is 1.00. The highest BCUT2D eigenvalue weighted by molar-refractivity contribution is 4.83. The van der Waals surface area contributed by atoms with Crippen LogP contribution in [0.2, 0.25) is 0 Å². The van der Waals surface area contributed by atoms with Crippen LogP contribution in [0, 0.1) is 0 Å². The molecule has 0 amide bonds. The maximum absolute atomic E-state index is 12.9. The number of nitrogens with one attached hydrogen (secondary N) is 1. The van der Waals surface area contributed by atoms with Gasteiger partial charge in [0.25, 0.3) is 0 Å². The second-order valence-electron chi connectivity index (χ2n) is 5.15. The van der Waals surface area contributed by atoms with E-state index in [4.69, 9.17) is 0 Å². The summed E-state index contributed by atoms with van der Waals surface area (Å²) >= 11 is 0. The van der Waals surface area contributed by atoms with E-state index < -0.39 is 6.17 Å². The van der Waals surface area contributed by atoms with Crippen LogP contribution in [0.15, 0.2) is 0 Å². The minimum absolute atomic E-state index is 0.420. The van der Waals surface area contributed by atoms with Crippen molar-refractivity contribution in [3.63, 3.8) is 0 Å². The Morgan fingerprint density at radius 3 is 2.67 bits per heavy atom. The highest BCUT2D eigenvalue weighted by Crippen LogP contribution is 2.23. The molecule has 2 nitrogen and oxygen atoms in total. The van der Waals surface area contributed by atoms with Crippen LogP contribution >= 0.6 is 0 Å². The van der Waals surface area contributed by atoms with Gasteiger partial charge in [-0.05, 0) is 39.3 Å². The van der Waals surface area contributed by atoms with Crippen LogP contribution in [0.5, 0.6) is 0 Å². The van der Waals surface area contributed by atoms with Crippen LogP contribution in [-0.2, 0) is 0 Å². The summed E-state index contributed by atoms with van der Waals surface area (Å²) in [6.07, 6.45) is 6.73. The molecule has 1 saturated carbocycles. The Hall–Kier alpha value is -0.150. The van der Waals surface area contributed by atoms with Crippen LogP contribution < -0.4 is 5.32 Å². The molecule has 0 aromatic heterocycles. The van der Waals surface area contributed by atoms with Crippen LogP contribution in [0.25, 0.3) is 0 Å². The van der Waals surface area contributed by atoms with E-state index in [1.165, 1.54) is 25.7 Å². The molecule has 0 radical (unpaired) electrons. The van der Waals surface area contributed by atoms with E-state index in [0.717, 1.165) is 25.4 Å². The lowest BCUT2D eigenvalue weighted by molar-refractivity contribution is 0.232. The molecule has 15 heavy (non-hydrogen) atoms. The Morgan fingerprint density at radius 1 is 1.33 bits per heavy atom. The lowest BCUT2D eigenvalue weighted by atomic mass is 10.1. The summed E-state index contributed by atoms with van der Waals surface area (Å²) < 4.78 is 12.9. The van der Waals surface area contributed by atoms with Crippen molar-refractivity contribution >= 4 is 0 Å². The molecule has 88 valence electrons. The smallest absolute Gasteiger partial charge is 0.114 e. The molecule has 2 fully saturated rings. The summed E-state index contributed by atoms with van der Waals surface area (Å²) in [5, 5.41) is 3.25. The van der Waals surface area contributed by atoms with Crippen LogP contribution in [0.3, 0.4) is 0 Å². The van der Waals surface area contributed by atoms with Crippen molar-refractivity contribution in [1.82, 2.24) is 10.2 Å². The summed E-state index contributed by atoms with van der Waals surface area (Å²) in [7, 11) is 2.22. The molecule has 0 bridgehead atoms. The minimum Gasteiger partial charge on any atom is -0.311 e. The topological polar surface area (TPSA) is 15.3 Å². The van der Waals surface area contributed by atoms with E-state index in [0.29, 0.717) is 12.6 Å². The fourth-order valence-corrected chi connectivity index (χ4v) is 2.88. The summed E-state index contributed by atoms with van der Waals surface area (Å²) in [6.45, 7) is 1.69. The average molecular weight is 214 g/mol. The Kier molecular flexibility index (Phi) is 3.98. The third-order valence-corrected chi connectivity index (χ3v) is 3.95. The zero-order chi connectivity index (χ0) is 10.7. The van der Waals surface area contributed by atoms with E-state index >= 15 is 0 Å². The van der Waals surface area contributed by atoms with Gasteiger partial charge in [0.2, 0.25) is 0 Å². The number of hydrogen-bond donors (Lipinski definition) is 1. The third-order valence-electron chi connectivity index (χ3n) is 3.95. The SMILES string of the molecule is CN(CCC1CC(F)CN1)C1CCCC1. The molecule has 1 N–H and O–H groups in total. The van der Waals surface area contributed by atoms with Crippen molar-refractivity contribution in [3.8, 4) is 0 Å². The molecular weight excluding hydrogens is 191 g/mol. The largest absolute Gasteiger partial charge is 0.311 e. The summed E-state index contributed by atoms with van der Waals surface area (Å²) in [5.41, 5.74) is 0. The van der Waals surface area contributed by atoms with Crippen LogP contribution in [-0.4, -0.2) is 43.3 Å². The first-order valence-corrected chi connectivity index (χ1v) is 6.33. The first-order valence-electron chi connectivity index (χ1n) is 6.33. The van der Waals surface area contributed by atoms with Gasteiger partial charge in [-0.15, -0.1) is 0 Å². The van der Waals surface area contributed by atoms with Crippen molar-refractivity contribution < 1.29 is 4.39 Å². The number of halogens is 1. The van der Waals surface area contributed by atoms with Crippen LogP contribution in [0.4, 0.5) is 4.39 Å². The minimum atomic E-state index is -0.605. The van der Waals surface area contributed by atoms with Gasteiger partial charge >= 0.3 is 0 Å². The maximum Gasteiger partial charge on any atom is 0.114 e. The standard InChI is InChI=1S/C12H23FN2/c1-15(12-4-2-3-5-12)7-6-11-8-10(13)9-14-11/h10-12,14H,2-9H2,1H3. The second-order valence-corrected chi connectivity index (χ2v) is 5.15. The first kappa shape index (κ1) is 11.3. The van der Waals surface area contributed by atoms with Gasteiger partial charge in [0.1, 0.15) is 6.17 Å². The van der Waals surface area contributed by atoms with Gasteiger partial charge in [-0.3, -0.25) is 0 Å². The van der Waals surface area contributed by atoms with Crippen molar-refractivity contribution in [3.05, 3.63) is 0 Å². The maximum atomic E-state index is 12.9. The van der Waals surface area contributed by atoms with E-state index in [-0.39, 0.29) is 0 Å². The molecule has 2 rings (SSSR count). The van der Waals surface area contributed by atoms with Gasteiger partial charge in [-0.2, -0.15) is 0 Å². The summed E-state index contributed by atoms with van der Waals surface area (Å²) in [6, 6.07) is 1.22. The van der Waals surface area contributed by atoms with Gasteiger partial charge in [0, 0.05) is 18.6 Å². The number of rotatable bonds is 4. The van der Waals surface area contributed by atoms with E-state index in [9.17, 15) is 4.39 Å². The molecule has 2 unspecified atom stereocenters. The molecule has 2 atom stereocenters. The van der Waals surface area contributed by atoms with E-state index in [1.807, 2.05) is 0 Å². The molecule has 0 aromatic carbocycles. The number of hydrogen-bond acceptors (Lipinski definition) is 2. The lowest BCUT2D eigenvalue weighted by Gasteiger charge is -2.25. The Labute approximate surface area is 92.2 Å². The molecule has 1 aliphatic heterocycles. The monoisotopic (exact) mass is 214 g/mol. The Bertz CT molecular complexity index is 192. The highest BCUT2D eigenvalue weighted by atomic mass is 19.1. The number of nitrogens with zero attached hydrogens (tertiary/aromatic N) is 1. The van der Waals surface area contributed by atoms with Crippen molar-refractivity contribution in [2.24, 2.45) is 0 Å². The first-order chi connectivity index (χ1) is 7.25. The molecule has 0 aromatic rings. The van der Waals surface area contributed by atoms with Gasteiger partial charge in [0.15, 0.2) is 0 Å². The van der Waals surface area contributed by atoms with E-state index in [2.05, 4.69) is 17.3 Å². The average Bonchev–Trinajstić information content (AvgIpc) is 2.84. The predicted octanol–water partition coefficient (Wildman–Crippen LogP) is 1.95. The van der Waals surface area contributed by atoms with Gasteiger partial charge in [-0.1, -0.05) is 12.8 Å². The molecule has 1 saturated heterocycles. The van der Waals surface area contributed by atoms with E-state index in [1.54, 1.807) is 0 Å². The highest BCUT2D eigenvalue weighted by Gasteiger charge is 2.25. The fourth-order valence-electron chi connectivity index (χ4n) is 2.88. The van der Waals surface area contributed by atoms with Gasteiger partial charge in [-0.25, -0.2) is 4.39 Å². The molecule has 2 aliphatic rings. The molecular formula is C12H23FN2. The van der Waals surface area contributed by atoms with Crippen molar-refractivity contribution in [2.45, 2.75) is 56.8 Å². The lowest BCUT2D eigenvalue weighted by Crippen LogP contribution is -2.33. The van der Waals surface area contributed by atoms with Gasteiger partial charge in [0.05, 0.1) is 0 Å². The Morgan fingerprint density at radius 2 is 2.07 bits per heavy atom. The predicted molar refractivity (Wildman–Crippen MR) is 60.8 cm³/mol. The summed E-state index contributed by atoms with van der Waals surface area (Å²) in [4.78, 5) is 2.47. The quantitative estimate of drug-likeness (QED) is 0.769. The molecule has 0 spiro atoms. The zero-order valence-electron chi connectivity index (χ0n) is 9.71. The molecule has 1 aliphatic carbocycles. The number of alkyl halides is 1. The summed E-state index contributed by atoms with van der Waals surface area (Å²) in [5.74, 6) is 0. The Balaban J connectivity index is 1.64.